The molecule has 0 aliphatic carbocycles. The molecule has 8 heteroatoms. The number of benzene rings is 1. The first-order chi connectivity index (χ1) is 9.49. The SMILES string of the molecule is CNc1cc(Oc2cc(Cl)ccc2[N+](=O)[O-])nc(C)n1. The summed E-state index contributed by atoms with van der Waals surface area (Å²) in [6, 6.07) is 5.62. The van der Waals surface area contributed by atoms with Crippen LogP contribution in [0.1, 0.15) is 5.82 Å². The summed E-state index contributed by atoms with van der Waals surface area (Å²) >= 11 is 5.83. The van der Waals surface area contributed by atoms with Gasteiger partial charge in [0.05, 0.1) is 4.92 Å². The molecule has 1 aromatic carbocycles. The maximum Gasteiger partial charge on any atom is 0.311 e. The normalized spacial score (nSPS) is 10.2. The number of nitrogens with zero attached hydrogens (tertiary/aromatic N) is 3. The van der Waals surface area contributed by atoms with E-state index in [1.165, 1.54) is 24.3 Å². The summed E-state index contributed by atoms with van der Waals surface area (Å²) in [6.45, 7) is 1.69. The minimum absolute atomic E-state index is 0.0302. The molecule has 0 aliphatic rings. The van der Waals surface area contributed by atoms with Gasteiger partial charge in [0.1, 0.15) is 11.6 Å². The molecular formula is C12H11ClN4O3. The third-order valence-electron chi connectivity index (χ3n) is 2.40. The van der Waals surface area contributed by atoms with Crippen LogP contribution in [0.3, 0.4) is 0 Å². The van der Waals surface area contributed by atoms with Crippen molar-refractivity contribution in [3.8, 4) is 11.6 Å². The van der Waals surface area contributed by atoms with Crippen LogP contribution < -0.4 is 10.1 Å². The van der Waals surface area contributed by atoms with Gasteiger partial charge in [0.2, 0.25) is 11.6 Å². The lowest BCUT2D eigenvalue weighted by Crippen LogP contribution is -2.00. The van der Waals surface area contributed by atoms with Crippen LogP contribution in [0, 0.1) is 17.0 Å². The van der Waals surface area contributed by atoms with E-state index in [9.17, 15) is 10.1 Å². The van der Waals surface area contributed by atoms with E-state index in [4.69, 9.17) is 16.3 Å². The molecule has 1 aromatic heterocycles. The van der Waals surface area contributed by atoms with E-state index in [1.807, 2.05) is 0 Å². The first-order valence-electron chi connectivity index (χ1n) is 5.65. The second-order valence-corrected chi connectivity index (χ2v) is 4.30. The van der Waals surface area contributed by atoms with Gasteiger partial charge in [0.15, 0.2) is 0 Å². The quantitative estimate of drug-likeness (QED) is 0.688. The molecule has 0 fully saturated rings. The van der Waals surface area contributed by atoms with Gasteiger partial charge in [-0.2, -0.15) is 4.98 Å². The van der Waals surface area contributed by atoms with Crippen LogP contribution in [0.4, 0.5) is 11.5 Å². The van der Waals surface area contributed by atoms with E-state index in [1.54, 1.807) is 14.0 Å². The Kier molecular flexibility index (Phi) is 3.99. The van der Waals surface area contributed by atoms with Gasteiger partial charge >= 0.3 is 5.69 Å². The predicted octanol–water partition coefficient (Wildman–Crippen LogP) is 3.18. The van der Waals surface area contributed by atoms with Crippen LogP contribution in [0.5, 0.6) is 11.6 Å². The van der Waals surface area contributed by atoms with Gasteiger partial charge in [0, 0.05) is 30.3 Å². The lowest BCUT2D eigenvalue weighted by molar-refractivity contribution is -0.385. The summed E-state index contributed by atoms with van der Waals surface area (Å²) in [5.41, 5.74) is -0.184. The molecule has 0 aliphatic heterocycles. The smallest absolute Gasteiger partial charge is 0.311 e. The Hall–Kier alpha value is -2.41. The fraction of sp³-hybridized carbons (Fsp3) is 0.167. The number of hydrogen-bond acceptors (Lipinski definition) is 6. The number of rotatable bonds is 4. The van der Waals surface area contributed by atoms with Crippen molar-refractivity contribution < 1.29 is 9.66 Å². The maximum absolute atomic E-state index is 11.0. The third kappa shape index (κ3) is 3.12. The van der Waals surface area contributed by atoms with Crippen molar-refractivity contribution in [2.24, 2.45) is 0 Å². The van der Waals surface area contributed by atoms with E-state index in [-0.39, 0.29) is 17.3 Å². The molecule has 2 aromatic rings. The second-order valence-electron chi connectivity index (χ2n) is 3.86. The summed E-state index contributed by atoms with van der Waals surface area (Å²) in [4.78, 5) is 18.6. The topological polar surface area (TPSA) is 90.2 Å². The first-order valence-corrected chi connectivity index (χ1v) is 6.02. The lowest BCUT2D eigenvalue weighted by Gasteiger charge is -2.08. The van der Waals surface area contributed by atoms with Crippen molar-refractivity contribution in [3.63, 3.8) is 0 Å². The number of nitro groups is 1. The number of halogens is 1. The summed E-state index contributed by atoms with van der Waals surface area (Å²) in [5, 5.41) is 14.1. The fourth-order valence-corrected chi connectivity index (χ4v) is 1.72. The monoisotopic (exact) mass is 294 g/mol. The first kappa shape index (κ1) is 14.0. The Morgan fingerprint density at radius 2 is 2.10 bits per heavy atom. The summed E-state index contributed by atoms with van der Waals surface area (Å²) in [6.07, 6.45) is 0. The zero-order valence-electron chi connectivity index (χ0n) is 10.8. The number of hydrogen-bond donors (Lipinski definition) is 1. The van der Waals surface area contributed by atoms with Gasteiger partial charge in [-0.25, -0.2) is 4.98 Å². The molecule has 1 heterocycles. The predicted molar refractivity (Wildman–Crippen MR) is 74.5 cm³/mol. The zero-order chi connectivity index (χ0) is 14.7. The largest absolute Gasteiger partial charge is 0.432 e. The second kappa shape index (κ2) is 5.70. The highest BCUT2D eigenvalue weighted by Crippen LogP contribution is 2.33. The Labute approximate surface area is 119 Å². The molecule has 104 valence electrons. The van der Waals surface area contributed by atoms with E-state index in [0.717, 1.165) is 0 Å². The van der Waals surface area contributed by atoms with Crippen LogP contribution in [-0.2, 0) is 0 Å². The van der Waals surface area contributed by atoms with Crippen molar-refractivity contribution >= 4 is 23.1 Å². The summed E-state index contributed by atoms with van der Waals surface area (Å²) < 4.78 is 5.46. The molecule has 2 rings (SSSR count). The van der Waals surface area contributed by atoms with E-state index in [0.29, 0.717) is 16.7 Å². The molecule has 0 amide bonds. The Morgan fingerprint density at radius 3 is 2.75 bits per heavy atom. The van der Waals surface area contributed by atoms with Crippen LogP contribution >= 0.6 is 11.6 Å². The van der Waals surface area contributed by atoms with E-state index >= 15 is 0 Å². The Morgan fingerprint density at radius 1 is 1.35 bits per heavy atom. The molecule has 0 saturated heterocycles. The summed E-state index contributed by atoms with van der Waals surface area (Å²) in [7, 11) is 1.70. The highest BCUT2D eigenvalue weighted by Gasteiger charge is 2.17. The highest BCUT2D eigenvalue weighted by atomic mass is 35.5. The van der Waals surface area contributed by atoms with Crippen LogP contribution in [0.15, 0.2) is 24.3 Å². The average Bonchev–Trinajstić information content (AvgIpc) is 2.37. The molecule has 7 nitrogen and oxygen atoms in total. The lowest BCUT2D eigenvalue weighted by atomic mass is 10.3. The van der Waals surface area contributed by atoms with Crippen molar-refractivity contribution in [3.05, 3.63) is 45.2 Å². The average molecular weight is 295 g/mol. The minimum Gasteiger partial charge on any atom is -0.432 e. The number of nitrogens with one attached hydrogen (secondary N) is 1. The van der Waals surface area contributed by atoms with Gasteiger partial charge in [-0.1, -0.05) is 11.6 Å². The number of nitro benzene ring substituents is 1. The van der Waals surface area contributed by atoms with Gasteiger partial charge in [-0.15, -0.1) is 0 Å². The molecule has 0 radical (unpaired) electrons. The van der Waals surface area contributed by atoms with Gasteiger partial charge in [-0.3, -0.25) is 10.1 Å². The van der Waals surface area contributed by atoms with Gasteiger partial charge in [-0.05, 0) is 13.0 Å². The fourth-order valence-electron chi connectivity index (χ4n) is 1.55. The molecule has 0 atom stereocenters. The number of aryl methyl sites for hydroxylation is 1. The molecule has 0 saturated carbocycles. The van der Waals surface area contributed by atoms with Gasteiger partial charge < -0.3 is 10.1 Å². The van der Waals surface area contributed by atoms with Crippen molar-refractivity contribution in [2.45, 2.75) is 6.92 Å². The minimum atomic E-state index is -0.543. The number of ether oxygens (including phenoxy) is 1. The van der Waals surface area contributed by atoms with Crippen LogP contribution in [-0.4, -0.2) is 21.9 Å². The van der Waals surface area contributed by atoms with Crippen molar-refractivity contribution in [1.29, 1.82) is 0 Å². The molecule has 0 bridgehead atoms. The van der Waals surface area contributed by atoms with Crippen LogP contribution in [0.2, 0.25) is 5.02 Å². The molecule has 0 unspecified atom stereocenters. The molecule has 20 heavy (non-hydrogen) atoms. The van der Waals surface area contributed by atoms with E-state index in [2.05, 4.69) is 15.3 Å². The highest BCUT2D eigenvalue weighted by molar-refractivity contribution is 6.30. The zero-order valence-corrected chi connectivity index (χ0v) is 11.5. The Bertz CT molecular complexity index is 663. The Balaban J connectivity index is 2.41. The molecule has 1 N–H and O–H groups in total. The molecular weight excluding hydrogens is 284 g/mol. The third-order valence-corrected chi connectivity index (χ3v) is 2.64. The standard InChI is InChI=1S/C12H11ClN4O3/c1-7-15-11(14-2)6-12(16-7)20-10-5-8(13)3-4-9(10)17(18)19/h3-6H,1-2H3,(H,14,15,16). The maximum atomic E-state index is 11.0. The summed E-state index contributed by atoms with van der Waals surface area (Å²) in [5.74, 6) is 1.27. The van der Waals surface area contributed by atoms with Crippen molar-refractivity contribution in [1.82, 2.24) is 9.97 Å². The van der Waals surface area contributed by atoms with Crippen LogP contribution in [0.25, 0.3) is 0 Å². The van der Waals surface area contributed by atoms with Gasteiger partial charge in [0.25, 0.3) is 0 Å². The van der Waals surface area contributed by atoms with Crippen molar-refractivity contribution in [2.75, 3.05) is 12.4 Å². The number of aromatic nitrogens is 2. The molecule has 0 spiro atoms. The number of anilines is 1. The van der Waals surface area contributed by atoms with E-state index < -0.39 is 4.92 Å².